The lowest BCUT2D eigenvalue weighted by molar-refractivity contribution is 0.0232. The fraction of sp³-hybridized carbons (Fsp3) is 1.00. The molecule has 0 aliphatic heterocycles. The molecule has 0 aromatic rings. The molecule has 0 bridgehead atoms. The second-order valence-corrected chi connectivity index (χ2v) is 4.11. The van der Waals surface area contributed by atoms with E-state index in [1.807, 2.05) is 0 Å². The number of hydrogen-bond donors (Lipinski definition) is 1. The molecule has 1 aliphatic carbocycles. The van der Waals surface area contributed by atoms with Gasteiger partial charge in [-0.3, -0.25) is 0 Å². The first-order valence-corrected chi connectivity index (χ1v) is 5.70. The van der Waals surface area contributed by atoms with E-state index in [0.717, 1.165) is 19.4 Å². The van der Waals surface area contributed by atoms with Crippen LogP contribution in [0.3, 0.4) is 0 Å². The van der Waals surface area contributed by atoms with Crippen molar-refractivity contribution < 1.29 is 4.74 Å². The SMILES string of the molecule is CCCCCO[C@H]1CC[C@H](N)CC1. The Hall–Kier alpha value is -0.0800. The van der Waals surface area contributed by atoms with Crippen molar-refractivity contribution in [3.63, 3.8) is 0 Å². The minimum Gasteiger partial charge on any atom is -0.378 e. The molecule has 2 nitrogen and oxygen atoms in total. The quantitative estimate of drug-likeness (QED) is 0.668. The van der Waals surface area contributed by atoms with E-state index in [4.69, 9.17) is 10.5 Å². The van der Waals surface area contributed by atoms with Crippen molar-refractivity contribution in [3.05, 3.63) is 0 Å². The van der Waals surface area contributed by atoms with E-state index >= 15 is 0 Å². The Balaban J connectivity index is 1.96. The standard InChI is InChI=1S/C11H23NO/c1-2-3-4-9-13-11-7-5-10(12)6-8-11/h10-11H,2-9,12H2,1H3/t10-,11-. The zero-order valence-corrected chi connectivity index (χ0v) is 8.80. The van der Waals surface area contributed by atoms with E-state index < -0.39 is 0 Å². The average molecular weight is 185 g/mol. The summed E-state index contributed by atoms with van der Waals surface area (Å²) in [4.78, 5) is 0. The van der Waals surface area contributed by atoms with Gasteiger partial charge in [-0.2, -0.15) is 0 Å². The monoisotopic (exact) mass is 185 g/mol. The zero-order valence-electron chi connectivity index (χ0n) is 8.80. The predicted molar refractivity (Wildman–Crippen MR) is 55.7 cm³/mol. The first kappa shape index (κ1) is 11.0. The minimum atomic E-state index is 0.440. The van der Waals surface area contributed by atoms with Crippen LogP contribution in [-0.4, -0.2) is 18.8 Å². The lowest BCUT2D eigenvalue weighted by atomic mass is 9.94. The summed E-state index contributed by atoms with van der Waals surface area (Å²) in [7, 11) is 0. The molecule has 0 spiro atoms. The third kappa shape index (κ3) is 4.63. The molecule has 0 heterocycles. The summed E-state index contributed by atoms with van der Waals surface area (Å²) in [5.41, 5.74) is 5.82. The Morgan fingerprint density at radius 2 is 1.85 bits per heavy atom. The van der Waals surface area contributed by atoms with Gasteiger partial charge >= 0.3 is 0 Å². The second kappa shape index (κ2) is 6.39. The van der Waals surface area contributed by atoms with E-state index in [0.29, 0.717) is 12.1 Å². The van der Waals surface area contributed by atoms with E-state index in [9.17, 15) is 0 Å². The highest BCUT2D eigenvalue weighted by atomic mass is 16.5. The first-order valence-electron chi connectivity index (χ1n) is 5.70. The normalized spacial score (nSPS) is 29.1. The molecule has 1 saturated carbocycles. The molecule has 13 heavy (non-hydrogen) atoms. The fourth-order valence-electron chi connectivity index (χ4n) is 1.86. The summed E-state index contributed by atoms with van der Waals surface area (Å²) in [6.07, 6.45) is 8.96. The lowest BCUT2D eigenvalue weighted by Crippen LogP contribution is -2.30. The minimum absolute atomic E-state index is 0.440. The van der Waals surface area contributed by atoms with E-state index in [-0.39, 0.29) is 0 Å². The molecule has 0 amide bonds. The van der Waals surface area contributed by atoms with Crippen molar-refractivity contribution >= 4 is 0 Å². The summed E-state index contributed by atoms with van der Waals surface area (Å²) in [6, 6.07) is 0.440. The highest BCUT2D eigenvalue weighted by Crippen LogP contribution is 2.19. The highest BCUT2D eigenvalue weighted by Gasteiger charge is 2.18. The van der Waals surface area contributed by atoms with Gasteiger partial charge in [0.15, 0.2) is 0 Å². The van der Waals surface area contributed by atoms with Gasteiger partial charge in [-0.25, -0.2) is 0 Å². The third-order valence-corrected chi connectivity index (χ3v) is 2.82. The molecule has 78 valence electrons. The van der Waals surface area contributed by atoms with Crippen molar-refractivity contribution in [3.8, 4) is 0 Å². The van der Waals surface area contributed by atoms with E-state index in [1.54, 1.807) is 0 Å². The number of unbranched alkanes of at least 4 members (excludes halogenated alkanes) is 2. The molecule has 0 atom stereocenters. The van der Waals surface area contributed by atoms with Gasteiger partial charge in [0.05, 0.1) is 6.10 Å². The molecule has 0 aromatic heterocycles. The summed E-state index contributed by atoms with van der Waals surface area (Å²) in [5, 5.41) is 0. The molecule has 0 saturated heterocycles. The molecule has 2 heteroatoms. The van der Waals surface area contributed by atoms with Gasteiger partial charge in [0.1, 0.15) is 0 Å². The van der Waals surface area contributed by atoms with Crippen LogP contribution in [0, 0.1) is 0 Å². The van der Waals surface area contributed by atoms with Crippen molar-refractivity contribution in [2.24, 2.45) is 5.73 Å². The van der Waals surface area contributed by atoms with Gasteiger partial charge in [-0.15, -0.1) is 0 Å². The molecule has 2 N–H and O–H groups in total. The number of ether oxygens (including phenoxy) is 1. The van der Waals surface area contributed by atoms with Crippen LogP contribution in [0.2, 0.25) is 0 Å². The largest absolute Gasteiger partial charge is 0.378 e. The van der Waals surface area contributed by atoms with E-state index in [1.165, 1.54) is 32.1 Å². The van der Waals surface area contributed by atoms with Crippen LogP contribution in [0.4, 0.5) is 0 Å². The van der Waals surface area contributed by atoms with Crippen LogP contribution >= 0.6 is 0 Å². The van der Waals surface area contributed by atoms with Gasteiger partial charge in [-0.05, 0) is 32.1 Å². The number of nitrogens with two attached hydrogens (primary N) is 1. The lowest BCUT2D eigenvalue weighted by Gasteiger charge is -2.26. The average Bonchev–Trinajstić information content (AvgIpc) is 2.15. The smallest absolute Gasteiger partial charge is 0.0576 e. The van der Waals surface area contributed by atoms with Crippen molar-refractivity contribution in [2.75, 3.05) is 6.61 Å². The Bertz CT molecular complexity index is 119. The Morgan fingerprint density at radius 1 is 1.15 bits per heavy atom. The van der Waals surface area contributed by atoms with E-state index in [2.05, 4.69) is 6.92 Å². The predicted octanol–water partition coefficient (Wildman–Crippen LogP) is 2.46. The summed E-state index contributed by atoms with van der Waals surface area (Å²) >= 11 is 0. The molecule has 1 aliphatic rings. The van der Waals surface area contributed by atoms with Crippen LogP contribution in [0.15, 0.2) is 0 Å². The molecular weight excluding hydrogens is 162 g/mol. The number of hydrogen-bond acceptors (Lipinski definition) is 2. The Labute approximate surface area is 81.8 Å². The van der Waals surface area contributed by atoms with Gasteiger partial charge in [0.25, 0.3) is 0 Å². The second-order valence-electron chi connectivity index (χ2n) is 4.11. The Morgan fingerprint density at radius 3 is 2.46 bits per heavy atom. The van der Waals surface area contributed by atoms with Gasteiger partial charge in [-0.1, -0.05) is 19.8 Å². The van der Waals surface area contributed by atoms with Crippen LogP contribution in [-0.2, 0) is 4.74 Å². The van der Waals surface area contributed by atoms with Crippen LogP contribution in [0.1, 0.15) is 51.9 Å². The van der Waals surface area contributed by atoms with Crippen molar-refractivity contribution in [1.29, 1.82) is 0 Å². The molecule has 1 fully saturated rings. The molecule has 1 rings (SSSR count). The third-order valence-electron chi connectivity index (χ3n) is 2.82. The van der Waals surface area contributed by atoms with Crippen LogP contribution in [0.5, 0.6) is 0 Å². The molecule has 0 aromatic carbocycles. The topological polar surface area (TPSA) is 35.2 Å². The number of rotatable bonds is 5. The summed E-state index contributed by atoms with van der Waals surface area (Å²) in [5.74, 6) is 0. The molecular formula is C11H23NO. The highest BCUT2D eigenvalue weighted by molar-refractivity contribution is 4.74. The Kier molecular flexibility index (Phi) is 5.40. The maximum Gasteiger partial charge on any atom is 0.0576 e. The molecule has 0 unspecified atom stereocenters. The first-order chi connectivity index (χ1) is 6.33. The maximum absolute atomic E-state index is 5.82. The van der Waals surface area contributed by atoms with Crippen LogP contribution < -0.4 is 5.73 Å². The zero-order chi connectivity index (χ0) is 9.52. The van der Waals surface area contributed by atoms with Gasteiger partial charge in [0, 0.05) is 12.6 Å². The fourth-order valence-corrected chi connectivity index (χ4v) is 1.86. The summed E-state index contributed by atoms with van der Waals surface area (Å²) in [6.45, 7) is 3.17. The van der Waals surface area contributed by atoms with Crippen molar-refractivity contribution in [2.45, 2.75) is 64.0 Å². The summed E-state index contributed by atoms with van der Waals surface area (Å²) < 4.78 is 5.78. The van der Waals surface area contributed by atoms with Gasteiger partial charge < -0.3 is 10.5 Å². The maximum atomic E-state index is 5.82. The molecule has 0 radical (unpaired) electrons. The van der Waals surface area contributed by atoms with Crippen molar-refractivity contribution in [1.82, 2.24) is 0 Å². The van der Waals surface area contributed by atoms with Gasteiger partial charge in [0.2, 0.25) is 0 Å². The van der Waals surface area contributed by atoms with Crippen LogP contribution in [0.25, 0.3) is 0 Å².